The summed E-state index contributed by atoms with van der Waals surface area (Å²) in [5, 5.41) is 4.38. The first-order valence-corrected chi connectivity index (χ1v) is 8.86. The van der Waals surface area contributed by atoms with Crippen LogP contribution in [0.4, 0.5) is 0 Å². The fraction of sp³-hybridized carbons (Fsp3) is 0.474. The van der Waals surface area contributed by atoms with Crippen molar-refractivity contribution < 1.29 is 4.79 Å². The molecule has 23 heavy (non-hydrogen) atoms. The maximum absolute atomic E-state index is 12.6. The molecule has 0 unspecified atom stereocenters. The second kappa shape index (κ2) is 5.79. The molecule has 1 aromatic heterocycles. The van der Waals surface area contributed by atoms with Crippen LogP contribution in [0.5, 0.6) is 0 Å². The second-order valence-electron chi connectivity index (χ2n) is 7.12. The van der Waals surface area contributed by atoms with E-state index < -0.39 is 0 Å². The van der Waals surface area contributed by atoms with Gasteiger partial charge in [-0.05, 0) is 56.1 Å². The standard InChI is InChI=1S/C19H21ClN2O/c1-11(15-9-12-6-7-13(15)8-12)21-19(23)16-10-14-4-2-3-5-17(14)22-18(16)20/h2-5,10-13,15H,6-9H2,1H3,(H,21,23)/t11-,12+,13-,15+/m0/s1. The summed E-state index contributed by atoms with van der Waals surface area (Å²) in [5.41, 5.74) is 1.29. The highest BCUT2D eigenvalue weighted by molar-refractivity contribution is 6.33. The molecule has 2 aromatic rings. The van der Waals surface area contributed by atoms with E-state index in [0.29, 0.717) is 11.5 Å². The van der Waals surface area contributed by atoms with Crippen LogP contribution in [0.3, 0.4) is 0 Å². The highest BCUT2D eigenvalue weighted by Crippen LogP contribution is 2.49. The molecule has 2 aliphatic rings. The van der Waals surface area contributed by atoms with E-state index in [-0.39, 0.29) is 17.1 Å². The summed E-state index contributed by atoms with van der Waals surface area (Å²) in [5.74, 6) is 2.18. The third kappa shape index (κ3) is 2.72. The topological polar surface area (TPSA) is 42.0 Å². The van der Waals surface area contributed by atoms with Crippen molar-refractivity contribution in [3.05, 3.63) is 41.0 Å². The van der Waals surface area contributed by atoms with Gasteiger partial charge in [0.15, 0.2) is 0 Å². The molecule has 1 N–H and O–H groups in total. The molecule has 2 saturated carbocycles. The minimum Gasteiger partial charge on any atom is -0.349 e. The van der Waals surface area contributed by atoms with Gasteiger partial charge < -0.3 is 5.32 Å². The smallest absolute Gasteiger partial charge is 0.254 e. The molecule has 4 rings (SSSR count). The van der Waals surface area contributed by atoms with Crippen LogP contribution in [-0.4, -0.2) is 16.9 Å². The van der Waals surface area contributed by atoms with E-state index >= 15 is 0 Å². The molecular formula is C19H21ClN2O. The fourth-order valence-corrected chi connectivity index (χ4v) is 4.78. The Hall–Kier alpha value is -1.61. The number of benzene rings is 1. The molecule has 1 heterocycles. The molecule has 4 atom stereocenters. The van der Waals surface area contributed by atoms with Crippen LogP contribution in [0.25, 0.3) is 10.9 Å². The highest BCUT2D eigenvalue weighted by Gasteiger charge is 2.42. The fourth-order valence-electron chi connectivity index (χ4n) is 4.55. The molecule has 0 spiro atoms. The van der Waals surface area contributed by atoms with Crippen LogP contribution >= 0.6 is 11.6 Å². The average Bonchev–Trinajstić information content (AvgIpc) is 3.17. The molecule has 1 aromatic carbocycles. The summed E-state index contributed by atoms with van der Waals surface area (Å²) >= 11 is 6.23. The minimum absolute atomic E-state index is 0.108. The monoisotopic (exact) mass is 328 g/mol. The molecule has 1 amide bonds. The van der Waals surface area contributed by atoms with E-state index in [0.717, 1.165) is 22.7 Å². The molecule has 0 radical (unpaired) electrons. The van der Waals surface area contributed by atoms with E-state index in [1.165, 1.54) is 25.7 Å². The summed E-state index contributed by atoms with van der Waals surface area (Å²) in [7, 11) is 0. The zero-order valence-electron chi connectivity index (χ0n) is 13.3. The van der Waals surface area contributed by atoms with Gasteiger partial charge in [-0.1, -0.05) is 36.2 Å². The quantitative estimate of drug-likeness (QED) is 0.846. The average molecular weight is 329 g/mol. The molecule has 0 saturated heterocycles. The number of hydrogen-bond acceptors (Lipinski definition) is 2. The molecule has 2 bridgehead atoms. The van der Waals surface area contributed by atoms with Gasteiger partial charge in [0.05, 0.1) is 11.1 Å². The van der Waals surface area contributed by atoms with Crippen molar-refractivity contribution in [3.63, 3.8) is 0 Å². The third-order valence-corrected chi connectivity index (χ3v) is 6.00. The predicted molar refractivity (Wildman–Crippen MR) is 92.6 cm³/mol. The van der Waals surface area contributed by atoms with Gasteiger partial charge in [0.2, 0.25) is 0 Å². The molecule has 2 aliphatic carbocycles. The Balaban J connectivity index is 1.53. The molecular weight excluding hydrogens is 308 g/mol. The van der Waals surface area contributed by atoms with Crippen LogP contribution in [0.1, 0.15) is 43.0 Å². The summed E-state index contributed by atoms with van der Waals surface area (Å²) in [4.78, 5) is 17.0. The van der Waals surface area contributed by atoms with E-state index in [1.807, 2.05) is 30.3 Å². The van der Waals surface area contributed by atoms with Crippen LogP contribution in [0.2, 0.25) is 5.15 Å². The van der Waals surface area contributed by atoms with E-state index in [9.17, 15) is 4.79 Å². The van der Waals surface area contributed by atoms with E-state index in [2.05, 4.69) is 17.2 Å². The van der Waals surface area contributed by atoms with Gasteiger partial charge in [-0.3, -0.25) is 4.79 Å². The number of nitrogens with one attached hydrogen (secondary N) is 1. The summed E-state index contributed by atoms with van der Waals surface area (Å²) in [6.07, 6.45) is 5.31. The Labute approximate surface area is 141 Å². The van der Waals surface area contributed by atoms with Crippen LogP contribution in [-0.2, 0) is 0 Å². The number of fused-ring (bicyclic) bond motifs is 3. The first-order chi connectivity index (χ1) is 11.1. The number of hydrogen-bond donors (Lipinski definition) is 1. The van der Waals surface area contributed by atoms with Crippen LogP contribution < -0.4 is 5.32 Å². The van der Waals surface area contributed by atoms with Crippen molar-refractivity contribution in [1.82, 2.24) is 10.3 Å². The van der Waals surface area contributed by atoms with Crippen molar-refractivity contribution in [3.8, 4) is 0 Å². The lowest BCUT2D eigenvalue weighted by atomic mass is 9.84. The van der Waals surface area contributed by atoms with Crippen molar-refractivity contribution in [2.75, 3.05) is 0 Å². The van der Waals surface area contributed by atoms with Crippen LogP contribution in [0.15, 0.2) is 30.3 Å². The number of amides is 1. The Morgan fingerprint density at radius 3 is 2.87 bits per heavy atom. The number of nitrogens with zero attached hydrogens (tertiary/aromatic N) is 1. The molecule has 4 heteroatoms. The largest absolute Gasteiger partial charge is 0.349 e. The number of aromatic nitrogens is 1. The number of para-hydroxylation sites is 1. The number of carbonyl (C=O) groups is 1. The number of carbonyl (C=O) groups excluding carboxylic acids is 1. The van der Waals surface area contributed by atoms with Crippen molar-refractivity contribution in [2.45, 2.75) is 38.6 Å². The maximum Gasteiger partial charge on any atom is 0.254 e. The first-order valence-electron chi connectivity index (χ1n) is 8.48. The molecule has 2 fully saturated rings. The van der Waals surface area contributed by atoms with Gasteiger partial charge in [0.25, 0.3) is 5.91 Å². The number of rotatable bonds is 3. The minimum atomic E-state index is -0.108. The van der Waals surface area contributed by atoms with Crippen molar-refractivity contribution in [1.29, 1.82) is 0 Å². The summed E-state index contributed by atoms with van der Waals surface area (Å²) in [6.45, 7) is 2.13. The zero-order valence-corrected chi connectivity index (χ0v) is 14.0. The van der Waals surface area contributed by atoms with Gasteiger partial charge in [0, 0.05) is 11.4 Å². The predicted octanol–water partition coefficient (Wildman–Crippen LogP) is 4.44. The lowest BCUT2D eigenvalue weighted by Gasteiger charge is -2.28. The highest BCUT2D eigenvalue weighted by atomic mass is 35.5. The second-order valence-corrected chi connectivity index (χ2v) is 7.48. The Bertz CT molecular complexity index is 760. The summed E-state index contributed by atoms with van der Waals surface area (Å²) in [6, 6.07) is 9.75. The maximum atomic E-state index is 12.6. The Morgan fingerprint density at radius 1 is 1.30 bits per heavy atom. The molecule has 0 aliphatic heterocycles. The first kappa shape index (κ1) is 14.9. The lowest BCUT2D eigenvalue weighted by molar-refractivity contribution is 0.0915. The summed E-state index contributed by atoms with van der Waals surface area (Å²) < 4.78 is 0. The molecule has 3 nitrogen and oxygen atoms in total. The van der Waals surface area contributed by atoms with E-state index in [4.69, 9.17) is 11.6 Å². The van der Waals surface area contributed by atoms with Crippen molar-refractivity contribution in [2.24, 2.45) is 17.8 Å². The van der Waals surface area contributed by atoms with E-state index in [1.54, 1.807) is 0 Å². The van der Waals surface area contributed by atoms with Gasteiger partial charge in [0.1, 0.15) is 5.15 Å². The third-order valence-electron chi connectivity index (χ3n) is 5.72. The number of halogens is 1. The van der Waals surface area contributed by atoms with Gasteiger partial charge >= 0.3 is 0 Å². The van der Waals surface area contributed by atoms with Crippen LogP contribution in [0, 0.1) is 17.8 Å². The van der Waals surface area contributed by atoms with Gasteiger partial charge in [-0.2, -0.15) is 0 Å². The normalized spacial score (nSPS) is 27.3. The Morgan fingerprint density at radius 2 is 2.13 bits per heavy atom. The Kier molecular flexibility index (Phi) is 3.76. The SMILES string of the molecule is C[C@H](NC(=O)c1cc2ccccc2nc1Cl)[C@H]1C[C@@H]2CC[C@H]1C2. The molecule has 120 valence electrons. The zero-order chi connectivity index (χ0) is 16.0. The number of pyridine rings is 1. The van der Waals surface area contributed by atoms with Gasteiger partial charge in [-0.15, -0.1) is 0 Å². The van der Waals surface area contributed by atoms with Crippen molar-refractivity contribution >= 4 is 28.4 Å². The lowest BCUT2D eigenvalue weighted by Crippen LogP contribution is -2.40. The van der Waals surface area contributed by atoms with Gasteiger partial charge in [-0.25, -0.2) is 4.98 Å².